The summed E-state index contributed by atoms with van der Waals surface area (Å²) in [6.07, 6.45) is 1.12. The Morgan fingerprint density at radius 3 is 2.41 bits per heavy atom. The largest absolute Gasteiger partial charge is 0.396 e. The van der Waals surface area contributed by atoms with Crippen LogP contribution in [-0.4, -0.2) is 41.9 Å². The van der Waals surface area contributed by atoms with Crippen LogP contribution in [0, 0.1) is 6.92 Å². The fraction of sp³-hybridized carbons (Fsp3) is 0.571. The molecule has 0 aromatic heterocycles. The molecule has 0 saturated carbocycles. The molecule has 0 radical (unpaired) electrons. The number of rotatable bonds is 7. The topological polar surface area (TPSA) is 43.7 Å². The van der Waals surface area contributed by atoms with Crippen molar-refractivity contribution in [1.29, 1.82) is 0 Å². The number of aliphatic hydroxyl groups excluding tert-OH is 2. The van der Waals surface area contributed by atoms with E-state index < -0.39 is 6.10 Å². The highest BCUT2D eigenvalue weighted by molar-refractivity contribution is 5.22. The van der Waals surface area contributed by atoms with Gasteiger partial charge >= 0.3 is 0 Å². The molecule has 96 valence electrons. The SMILES string of the molecule is Cc1ccc(C(O)CCN(C)CCCO)cc1. The number of aliphatic hydroxyl groups is 2. The van der Waals surface area contributed by atoms with Gasteiger partial charge in [-0.25, -0.2) is 0 Å². The molecule has 17 heavy (non-hydrogen) atoms. The lowest BCUT2D eigenvalue weighted by molar-refractivity contribution is 0.146. The van der Waals surface area contributed by atoms with Crippen molar-refractivity contribution in [3.63, 3.8) is 0 Å². The summed E-state index contributed by atoms with van der Waals surface area (Å²) in [6.45, 7) is 3.98. The average Bonchev–Trinajstić information content (AvgIpc) is 2.34. The maximum atomic E-state index is 10.0. The molecule has 0 fully saturated rings. The molecule has 0 bridgehead atoms. The lowest BCUT2D eigenvalue weighted by Gasteiger charge is -2.18. The molecule has 0 spiro atoms. The van der Waals surface area contributed by atoms with Gasteiger partial charge in [0.25, 0.3) is 0 Å². The Hall–Kier alpha value is -0.900. The van der Waals surface area contributed by atoms with E-state index in [0.717, 1.165) is 31.5 Å². The van der Waals surface area contributed by atoms with E-state index in [4.69, 9.17) is 5.11 Å². The van der Waals surface area contributed by atoms with E-state index in [1.165, 1.54) is 5.56 Å². The summed E-state index contributed by atoms with van der Waals surface area (Å²) in [5.74, 6) is 0. The number of benzene rings is 1. The van der Waals surface area contributed by atoms with E-state index in [2.05, 4.69) is 4.90 Å². The van der Waals surface area contributed by atoms with Gasteiger partial charge in [0.05, 0.1) is 6.10 Å². The standard InChI is InChI=1S/C14H23NO2/c1-12-4-6-13(7-5-12)14(17)8-10-15(2)9-3-11-16/h4-7,14,16-17H,3,8-11H2,1-2H3. The van der Waals surface area contributed by atoms with Gasteiger partial charge in [0.1, 0.15) is 0 Å². The third-order valence-corrected chi connectivity index (χ3v) is 2.94. The van der Waals surface area contributed by atoms with Crippen LogP contribution in [0.1, 0.15) is 30.1 Å². The maximum absolute atomic E-state index is 10.0. The third-order valence-electron chi connectivity index (χ3n) is 2.94. The van der Waals surface area contributed by atoms with E-state index in [1.54, 1.807) is 0 Å². The lowest BCUT2D eigenvalue weighted by atomic mass is 10.0. The van der Waals surface area contributed by atoms with Crippen molar-refractivity contribution < 1.29 is 10.2 Å². The Morgan fingerprint density at radius 1 is 1.18 bits per heavy atom. The zero-order valence-corrected chi connectivity index (χ0v) is 10.8. The lowest BCUT2D eigenvalue weighted by Crippen LogP contribution is -2.23. The second kappa shape index (κ2) is 7.43. The summed E-state index contributed by atoms with van der Waals surface area (Å²) < 4.78 is 0. The molecule has 0 aliphatic heterocycles. The van der Waals surface area contributed by atoms with Gasteiger partial charge in [-0.05, 0) is 32.4 Å². The summed E-state index contributed by atoms with van der Waals surface area (Å²) in [7, 11) is 2.01. The van der Waals surface area contributed by atoms with E-state index in [0.29, 0.717) is 0 Å². The van der Waals surface area contributed by atoms with Gasteiger partial charge < -0.3 is 15.1 Å². The van der Waals surface area contributed by atoms with Crippen LogP contribution in [0.2, 0.25) is 0 Å². The van der Waals surface area contributed by atoms with E-state index in [-0.39, 0.29) is 6.61 Å². The van der Waals surface area contributed by atoms with Crippen molar-refractivity contribution in [2.75, 3.05) is 26.7 Å². The van der Waals surface area contributed by atoms with Gasteiger partial charge in [-0.3, -0.25) is 0 Å². The number of hydrogen-bond donors (Lipinski definition) is 2. The monoisotopic (exact) mass is 237 g/mol. The molecule has 3 heteroatoms. The van der Waals surface area contributed by atoms with Crippen LogP contribution in [-0.2, 0) is 0 Å². The van der Waals surface area contributed by atoms with Gasteiger partial charge in [-0.1, -0.05) is 29.8 Å². The predicted molar refractivity (Wildman–Crippen MR) is 70.0 cm³/mol. The summed E-state index contributed by atoms with van der Waals surface area (Å²) in [5.41, 5.74) is 2.19. The van der Waals surface area contributed by atoms with Crippen molar-refractivity contribution in [2.45, 2.75) is 25.9 Å². The second-order valence-corrected chi connectivity index (χ2v) is 4.60. The minimum atomic E-state index is -0.396. The first-order chi connectivity index (χ1) is 8.13. The molecule has 2 N–H and O–H groups in total. The van der Waals surface area contributed by atoms with Crippen LogP contribution < -0.4 is 0 Å². The molecule has 0 heterocycles. The van der Waals surface area contributed by atoms with Crippen molar-refractivity contribution >= 4 is 0 Å². The second-order valence-electron chi connectivity index (χ2n) is 4.60. The molecular weight excluding hydrogens is 214 g/mol. The fourth-order valence-electron chi connectivity index (χ4n) is 1.75. The summed E-state index contributed by atoms with van der Waals surface area (Å²) in [6, 6.07) is 8.00. The van der Waals surface area contributed by atoms with Crippen LogP contribution >= 0.6 is 0 Å². The Morgan fingerprint density at radius 2 is 1.82 bits per heavy atom. The Bertz CT molecular complexity index is 311. The Kier molecular flexibility index (Phi) is 6.19. The van der Waals surface area contributed by atoms with Crippen molar-refractivity contribution in [3.05, 3.63) is 35.4 Å². The Labute approximate surface area is 104 Å². The number of hydrogen-bond acceptors (Lipinski definition) is 3. The molecule has 3 nitrogen and oxygen atoms in total. The van der Waals surface area contributed by atoms with E-state index in [1.807, 2.05) is 38.2 Å². The first-order valence-corrected chi connectivity index (χ1v) is 6.17. The molecule has 1 aromatic rings. The number of aryl methyl sites for hydroxylation is 1. The molecule has 0 aliphatic rings. The van der Waals surface area contributed by atoms with E-state index in [9.17, 15) is 5.11 Å². The van der Waals surface area contributed by atoms with Gasteiger partial charge in [-0.15, -0.1) is 0 Å². The minimum Gasteiger partial charge on any atom is -0.396 e. The molecule has 0 aliphatic carbocycles. The first-order valence-electron chi connectivity index (χ1n) is 6.17. The van der Waals surface area contributed by atoms with Crippen molar-refractivity contribution in [2.24, 2.45) is 0 Å². The highest BCUT2D eigenvalue weighted by atomic mass is 16.3. The zero-order valence-electron chi connectivity index (χ0n) is 10.8. The van der Waals surface area contributed by atoms with E-state index >= 15 is 0 Å². The predicted octanol–water partition coefficient (Wildman–Crippen LogP) is 1.73. The molecule has 0 saturated heterocycles. The van der Waals surface area contributed by atoms with Gasteiger partial charge in [0.2, 0.25) is 0 Å². The highest BCUT2D eigenvalue weighted by Crippen LogP contribution is 2.17. The molecule has 1 unspecified atom stereocenters. The van der Waals surface area contributed by atoms with Crippen molar-refractivity contribution in [3.8, 4) is 0 Å². The third kappa shape index (κ3) is 5.31. The molecule has 1 rings (SSSR count). The Balaban J connectivity index is 2.34. The van der Waals surface area contributed by atoms with Crippen LogP contribution in [0.4, 0.5) is 0 Å². The minimum absolute atomic E-state index is 0.227. The first kappa shape index (κ1) is 14.2. The maximum Gasteiger partial charge on any atom is 0.0802 e. The number of nitrogens with zero attached hydrogens (tertiary/aromatic N) is 1. The van der Waals surface area contributed by atoms with Gasteiger partial charge in [0.15, 0.2) is 0 Å². The van der Waals surface area contributed by atoms with Crippen LogP contribution in [0.25, 0.3) is 0 Å². The van der Waals surface area contributed by atoms with Gasteiger partial charge in [0, 0.05) is 19.7 Å². The van der Waals surface area contributed by atoms with Crippen LogP contribution in [0.3, 0.4) is 0 Å². The summed E-state index contributed by atoms with van der Waals surface area (Å²) >= 11 is 0. The fourth-order valence-corrected chi connectivity index (χ4v) is 1.75. The summed E-state index contributed by atoms with van der Waals surface area (Å²) in [5, 5.41) is 18.7. The molecule has 1 atom stereocenters. The van der Waals surface area contributed by atoms with Crippen molar-refractivity contribution in [1.82, 2.24) is 4.90 Å². The normalized spacial score (nSPS) is 13.0. The summed E-state index contributed by atoms with van der Waals surface area (Å²) in [4.78, 5) is 2.13. The molecule has 1 aromatic carbocycles. The quantitative estimate of drug-likeness (QED) is 0.759. The molecule has 0 amide bonds. The average molecular weight is 237 g/mol. The van der Waals surface area contributed by atoms with Gasteiger partial charge in [-0.2, -0.15) is 0 Å². The highest BCUT2D eigenvalue weighted by Gasteiger charge is 2.08. The van der Waals surface area contributed by atoms with Crippen LogP contribution in [0.5, 0.6) is 0 Å². The molecular formula is C14H23NO2. The smallest absolute Gasteiger partial charge is 0.0802 e. The zero-order chi connectivity index (χ0) is 12.7. The van der Waals surface area contributed by atoms with Crippen LogP contribution in [0.15, 0.2) is 24.3 Å².